The Hall–Kier alpha value is -3.23. The second-order valence-electron chi connectivity index (χ2n) is 7.55. The zero-order valence-electron chi connectivity index (χ0n) is 17.7. The predicted octanol–water partition coefficient (Wildman–Crippen LogP) is 2.18. The molecule has 0 atom stereocenters. The number of nitrogens with one attached hydrogen (secondary N) is 1. The summed E-state index contributed by atoms with van der Waals surface area (Å²) in [5.41, 5.74) is 2.00. The lowest BCUT2D eigenvalue weighted by molar-refractivity contribution is -0.122. The number of amides is 1. The predicted molar refractivity (Wildman–Crippen MR) is 116 cm³/mol. The molecular formula is C23H27N5O3. The molecule has 8 nitrogen and oxygen atoms in total. The second kappa shape index (κ2) is 10.2. The molecule has 2 heterocycles. The molecule has 1 aliphatic rings. The highest BCUT2D eigenvalue weighted by molar-refractivity contribution is 5.78. The van der Waals surface area contributed by atoms with Gasteiger partial charge < -0.3 is 14.6 Å². The van der Waals surface area contributed by atoms with Crippen molar-refractivity contribution in [1.29, 1.82) is 0 Å². The Balaban J connectivity index is 1.20. The fourth-order valence-corrected chi connectivity index (χ4v) is 3.53. The molecule has 0 bridgehead atoms. The highest BCUT2D eigenvalue weighted by Gasteiger charge is 2.21. The number of hydrogen-bond donors (Lipinski definition) is 1. The summed E-state index contributed by atoms with van der Waals surface area (Å²) < 4.78 is 10.6. The minimum absolute atomic E-state index is 0.0540. The van der Waals surface area contributed by atoms with E-state index in [0.29, 0.717) is 31.3 Å². The molecule has 1 aliphatic heterocycles. The van der Waals surface area contributed by atoms with Gasteiger partial charge in [0.15, 0.2) is 0 Å². The Morgan fingerprint density at radius 3 is 2.45 bits per heavy atom. The van der Waals surface area contributed by atoms with Gasteiger partial charge in [0, 0.05) is 38.3 Å². The molecule has 1 N–H and O–H groups in total. The largest absolute Gasteiger partial charge is 0.497 e. The summed E-state index contributed by atoms with van der Waals surface area (Å²) in [6.07, 6.45) is 0. The fraction of sp³-hybridized carbons (Fsp3) is 0.348. The van der Waals surface area contributed by atoms with Crippen molar-refractivity contribution in [1.82, 2.24) is 25.3 Å². The maximum atomic E-state index is 12.2. The first-order valence-corrected chi connectivity index (χ1v) is 10.4. The van der Waals surface area contributed by atoms with Crippen LogP contribution in [0.25, 0.3) is 11.4 Å². The maximum absolute atomic E-state index is 12.2. The van der Waals surface area contributed by atoms with Crippen LogP contribution in [0.2, 0.25) is 0 Å². The van der Waals surface area contributed by atoms with E-state index in [-0.39, 0.29) is 5.91 Å². The molecule has 0 radical (unpaired) electrons. The van der Waals surface area contributed by atoms with Crippen LogP contribution in [0.15, 0.2) is 59.1 Å². The zero-order valence-corrected chi connectivity index (χ0v) is 17.7. The molecule has 31 heavy (non-hydrogen) atoms. The first-order chi connectivity index (χ1) is 15.2. The maximum Gasteiger partial charge on any atom is 0.241 e. The van der Waals surface area contributed by atoms with Gasteiger partial charge in [-0.25, -0.2) is 0 Å². The van der Waals surface area contributed by atoms with Crippen molar-refractivity contribution in [2.45, 2.75) is 13.1 Å². The van der Waals surface area contributed by atoms with E-state index in [9.17, 15) is 4.79 Å². The van der Waals surface area contributed by atoms with Crippen LogP contribution >= 0.6 is 0 Å². The standard InChI is InChI=1S/C23H27N5O3/c1-30-20-9-7-19(8-10-20)23-25-22(31-26-23)17-28-13-11-27(12-14-28)16-21(29)24-15-18-5-3-2-4-6-18/h2-10H,11-17H2,1H3,(H,24,29). The van der Waals surface area contributed by atoms with Crippen LogP contribution in [-0.4, -0.2) is 65.7 Å². The Morgan fingerprint density at radius 2 is 1.74 bits per heavy atom. The summed E-state index contributed by atoms with van der Waals surface area (Å²) in [6.45, 7) is 4.96. The van der Waals surface area contributed by atoms with Gasteiger partial charge in [-0.05, 0) is 29.8 Å². The number of aromatic nitrogens is 2. The van der Waals surface area contributed by atoms with E-state index in [1.165, 1.54) is 0 Å². The van der Waals surface area contributed by atoms with Crippen molar-refractivity contribution in [2.75, 3.05) is 39.8 Å². The molecule has 3 aromatic rings. The molecule has 8 heteroatoms. The Morgan fingerprint density at radius 1 is 1.03 bits per heavy atom. The third-order valence-electron chi connectivity index (χ3n) is 5.34. The van der Waals surface area contributed by atoms with Gasteiger partial charge in [-0.1, -0.05) is 35.5 Å². The number of carbonyl (C=O) groups excluding carboxylic acids is 1. The summed E-state index contributed by atoms with van der Waals surface area (Å²) in [4.78, 5) is 21.2. The lowest BCUT2D eigenvalue weighted by Crippen LogP contribution is -2.49. The third kappa shape index (κ3) is 5.90. The molecule has 0 spiro atoms. The fourth-order valence-electron chi connectivity index (χ4n) is 3.53. The number of hydrogen-bond acceptors (Lipinski definition) is 7. The van der Waals surface area contributed by atoms with Gasteiger partial charge in [-0.15, -0.1) is 0 Å². The summed E-state index contributed by atoms with van der Waals surface area (Å²) in [5.74, 6) is 2.02. The molecule has 1 amide bonds. The van der Waals surface area contributed by atoms with E-state index < -0.39 is 0 Å². The van der Waals surface area contributed by atoms with Crippen molar-refractivity contribution in [3.63, 3.8) is 0 Å². The quantitative estimate of drug-likeness (QED) is 0.597. The van der Waals surface area contributed by atoms with Gasteiger partial charge in [-0.3, -0.25) is 14.6 Å². The van der Waals surface area contributed by atoms with Gasteiger partial charge in [0.1, 0.15) is 5.75 Å². The van der Waals surface area contributed by atoms with Crippen LogP contribution in [0, 0.1) is 0 Å². The van der Waals surface area contributed by atoms with Gasteiger partial charge in [0.2, 0.25) is 17.6 Å². The number of nitrogens with zero attached hydrogens (tertiary/aromatic N) is 4. The lowest BCUT2D eigenvalue weighted by atomic mass is 10.2. The van der Waals surface area contributed by atoms with E-state index in [4.69, 9.17) is 9.26 Å². The smallest absolute Gasteiger partial charge is 0.241 e. The second-order valence-corrected chi connectivity index (χ2v) is 7.55. The van der Waals surface area contributed by atoms with Gasteiger partial charge in [-0.2, -0.15) is 4.98 Å². The van der Waals surface area contributed by atoms with Crippen LogP contribution in [-0.2, 0) is 17.9 Å². The van der Waals surface area contributed by atoms with Crippen LogP contribution in [0.4, 0.5) is 0 Å². The molecule has 0 aliphatic carbocycles. The highest BCUT2D eigenvalue weighted by Crippen LogP contribution is 2.20. The van der Waals surface area contributed by atoms with Gasteiger partial charge >= 0.3 is 0 Å². The monoisotopic (exact) mass is 421 g/mol. The molecule has 1 fully saturated rings. The molecular weight excluding hydrogens is 394 g/mol. The van der Waals surface area contributed by atoms with Crippen molar-refractivity contribution >= 4 is 5.91 Å². The van der Waals surface area contributed by atoms with Crippen LogP contribution in [0.3, 0.4) is 0 Å². The number of piperazine rings is 1. The van der Waals surface area contributed by atoms with Crippen LogP contribution in [0.1, 0.15) is 11.5 Å². The third-order valence-corrected chi connectivity index (χ3v) is 5.34. The van der Waals surface area contributed by atoms with Gasteiger partial charge in [0.05, 0.1) is 20.2 Å². The first-order valence-electron chi connectivity index (χ1n) is 10.4. The van der Waals surface area contributed by atoms with Crippen molar-refractivity contribution in [2.24, 2.45) is 0 Å². The average molecular weight is 422 g/mol. The number of ether oxygens (including phenoxy) is 1. The molecule has 0 unspecified atom stereocenters. The number of carbonyl (C=O) groups is 1. The first kappa shape index (κ1) is 21.0. The highest BCUT2D eigenvalue weighted by atomic mass is 16.5. The molecule has 4 rings (SSSR count). The van der Waals surface area contributed by atoms with Gasteiger partial charge in [0.25, 0.3) is 0 Å². The number of rotatable bonds is 8. The molecule has 1 aromatic heterocycles. The summed E-state index contributed by atoms with van der Waals surface area (Å²) >= 11 is 0. The normalized spacial score (nSPS) is 15.0. The summed E-state index contributed by atoms with van der Waals surface area (Å²) in [5, 5.41) is 7.08. The minimum Gasteiger partial charge on any atom is -0.497 e. The van der Waals surface area contributed by atoms with Crippen molar-refractivity contribution in [3.8, 4) is 17.1 Å². The Labute approximate surface area is 181 Å². The van der Waals surface area contributed by atoms with E-state index in [1.54, 1.807) is 7.11 Å². The molecule has 0 saturated carbocycles. The average Bonchev–Trinajstić information content (AvgIpc) is 3.28. The molecule has 162 valence electrons. The van der Waals surface area contributed by atoms with E-state index in [0.717, 1.165) is 43.1 Å². The molecule has 1 saturated heterocycles. The topological polar surface area (TPSA) is 83.7 Å². The Bertz CT molecular complexity index is 966. The van der Waals surface area contributed by atoms with Crippen molar-refractivity contribution < 1.29 is 14.1 Å². The lowest BCUT2D eigenvalue weighted by Gasteiger charge is -2.33. The van der Waals surface area contributed by atoms with Crippen LogP contribution in [0.5, 0.6) is 5.75 Å². The SMILES string of the molecule is COc1ccc(-c2noc(CN3CCN(CC(=O)NCc4ccccc4)CC3)n2)cc1. The minimum atomic E-state index is 0.0540. The number of methoxy groups -OCH3 is 1. The zero-order chi connectivity index (χ0) is 21.5. The van der Waals surface area contributed by atoms with E-state index >= 15 is 0 Å². The number of benzene rings is 2. The van der Waals surface area contributed by atoms with Crippen LogP contribution < -0.4 is 10.1 Å². The van der Waals surface area contributed by atoms with E-state index in [2.05, 4.69) is 25.3 Å². The Kier molecular flexibility index (Phi) is 6.91. The van der Waals surface area contributed by atoms with Crippen molar-refractivity contribution in [3.05, 3.63) is 66.1 Å². The van der Waals surface area contributed by atoms with E-state index in [1.807, 2.05) is 54.6 Å². The molecule has 2 aromatic carbocycles. The summed E-state index contributed by atoms with van der Waals surface area (Å²) in [6, 6.07) is 17.5. The summed E-state index contributed by atoms with van der Waals surface area (Å²) in [7, 11) is 1.64.